The number of carbonyl (C=O) groups excluding carboxylic acids is 4. The summed E-state index contributed by atoms with van der Waals surface area (Å²) in [5, 5.41) is 64.1. The van der Waals surface area contributed by atoms with Crippen LogP contribution in [0.3, 0.4) is 0 Å². The zero-order valence-corrected chi connectivity index (χ0v) is 54.0. The number of hydrogen-bond donors (Lipinski definition) is 0. The van der Waals surface area contributed by atoms with Crippen molar-refractivity contribution in [1.29, 1.82) is 0 Å². The highest BCUT2D eigenvalue weighted by molar-refractivity contribution is 6.79. The lowest BCUT2D eigenvalue weighted by molar-refractivity contribution is -0.168. The number of benzene rings is 18. The van der Waals surface area contributed by atoms with Gasteiger partial charge >= 0.3 is 23.9 Å². The fraction of sp³-hybridized carbons (Fsp3) is 0.217. The summed E-state index contributed by atoms with van der Waals surface area (Å²) in [4.78, 5) is 71.8. The summed E-state index contributed by atoms with van der Waals surface area (Å²) in [6, 6.07) is 13.1. The molecule has 27 aromatic rings. The third-order valence-corrected chi connectivity index (χ3v) is 33.5. The van der Waals surface area contributed by atoms with E-state index in [9.17, 15) is 0 Å². The highest BCUT2D eigenvalue weighted by atomic mass is 16.6. The molecule has 0 N–H and O–H groups in total. The van der Waals surface area contributed by atoms with Crippen molar-refractivity contribution in [2.75, 3.05) is 13.2 Å². The van der Waals surface area contributed by atoms with Gasteiger partial charge in [0.1, 0.15) is 13.2 Å². The normalized spacial score (nSPS) is 26.4. The number of ether oxygens (including phenoxy) is 4. The first-order valence-electron chi connectivity index (χ1n) is 37.6. The fourth-order valence-electron chi connectivity index (χ4n) is 32.7. The summed E-state index contributed by atoms with van der Waals surface area (Å²) in [6.07, 6.45) is 7.01. The second-order valence-corrected chi connectivity index (χ2v) is 34.7. The van der Waals surface area contributed by atoms with Crippen LogP contribution < -0.4 is 0 Å². The van der Waals surface area contributed by atoms with Gasteiger partial charge in [-0.15, -0.1) is 0 Å². The molecule has 12 bridgehead atoms. The van der Waals surface area contributed by atoms with Crippen LogP contribution in [0.15, 0.2) is 36.4 Å². The quantitative estimate of drug-likeness (QED) is 0.0414. The van der Waals surface area contributed by atoms with Crippen LogP contribution in [0.1, 0.15) is 115 Å². The molecule has 0 saturated heterocycles. The standard InChI is InChI=1S/C92H37NO8/c1-4-7-8-9-10-11-16-93-25-14-12-21-17-23(25)24-18-22(13-15-26(24)93)20-101-86(97)92(84(95)99-6-3)88-76-60-49-38-31-30-34-27-28-33-29-32(27)43-52-41(34)48-37(30)39-40(38)51-47-50(39)61-59(48)75-63(52)65-54(43)45-36(29)46-55-44(33)53(42(49)35(28)31)64(76)66(55)78-68-57(46)56(45)67-71-72(68)82(90(78,88)92)74-70(80(88)62(51)60)58(47)69-73(74)81(71)89(77(65)67)87(75,79(61)69)91(89,83(94)98-5-2)85(96)100-19-21/h12-15,17-18H,4-11,16,19-20H2,1-3H3/t87?,88?,89?,90?,91-,92+. The van der Waals surface area contributed by atoms with Crippen LogP contribution in [-0.4, -0.2) is 41.7 Å². The first-order valence-corrected chi connectivity index (χ1v) is 37.6. The van der Waals surface area contributed by atoms with Gasteiger partial charge in [0, 0.05) is 28.4 Å². The van der Waals surface area contributed by atoms with Gasteiger partial charge in [0.25, 0.3) is 0 Å². The van der Waals surface area contributed by atoms with Gasteiger partial charge in [0.2, 0.25) is 0 Å². The maximum absolute atomic E-state index is 18.2. The first-order chi connectivity index (χ1) is 49.9. The summed E-state index contributed by atoms with van der Waals surface area (Å²) in [5.74, 6) is -2.01. The third-order valence-electron chi connectivity index (χ3n) is 33.5. The lowest BCUT2D eigenvalue weighted by Crippen LogP contribution is -2.38. The van der Waals surface area contributed by atoms with Crippen molar-refractivity contribution >= 4 is 304 Å². The molecule has 4 spiro atoms. The van der Waals surface area contributed by atoms with Gasteiger partial charge in [0.15, 0.2) is 10.8 Å². The van der Waals surface area contributed by atoms with E-state index >= 15 is 19.2 Å². The molecule has 12 aliphatic rings. The van der Waals surface area contributed by atoms with E-state index in [1.54, 1.807) is 0 Å². The van der Waals surface area contributed by atoms with Gasteiger partial charge in [-0.25, -0.2) is 0 Å². The van der Waals surface area contributed by atoms with E-state index in [1.165, 1.54) is 274 Å². The molecule has 4 unspecified atom stereocenters. The number of hydrogen-bond acceptors (Lipinski definition) is 8. The van der Waals surface area contributed by atoms with Gasteiger partial charge in [0.05, 0.1) is 34.9 Å². The largest absolute Gasteiger partial charge is 0.465 e. The molecule has 6 atom stereocenters. The number of esters is 4. The van der Waals surface area contributed by atoms with Gasteiger partial charge in [-0.2, -0.15) is 0 Å². The molecule has 9 nitrogen and oxygen atoms in total. The van der Waals surface area contributed by atoms with Crippen molar-refractivity contribution < 1.29 is 38.1 Å². The lowest BCUT2D eigenvalue weighted by Gasteiger charge is -2.33. The number of fused-ring (bicyclic) bond motifs is 4. The number of unbranched alkanes of at least 4 members (excludes halogenated alkanes) is 5. The Morgan fingerprint density at radius 2 is 0.554 bits per heavy atom. The van der Waals surface area contributed by atoms with Gasteiger partial charge in [-0.05, 0) is 359 Å². The predicted molar refractivity (Wildman–Crippen MR) is 398 cm³/mol. The van der Waals surface area contributed by atoms with E-state index in [0.29, 0.717) is 0 Å². The number of carbonyl (C=O) groups is 4. The fourth-order valence-corrected chi connectivity index (χ4v) is 32.7. The monoisotopic (exact) mass is 1280 g/mol. The van der Waals surface area contributed by atoms with Crippen molar-refractivity contribution in [3.8, 4) is 0 Å². The second-order valence-electron chi connectivity index (χ2n) is 34.7. The second kappa shape index (κ2) is 11.3. The summed E-state index contributed by atoms with van der Waals surface area (Å²) in [6.45, 7) is 7.00. The van der Waals surface area contributed by atoms with Gasteiger partial charge in [-0.1, -0.05) is 51.2 Å². The van der Waals surface area contributed by atoms with Gasteiger partial charge < -0.3 is 23.5 Å². The van der Waals surface area contributed by atoms with Crippen LogP contribution in [0.25, 0.3) is 280 Å². The average Bonchev–Trinajstić information content (AvgIpc) is 1.34. The molecule has 3 heterocycles. The molecule has 10 aliphatic carbocycles. The van der Waals surface area contributed by atoms with E-state index in [4.69, 9.17) is 18.9 Å². The Bertz CT molecular complexity index is 8750. The highest BCUT2D eigenvalue weighted by Gasteiger charge is 3.04. The van der Waals surface area contributed by atoms with Crippen LogP contribution in [0, 0.1) is 10.8 Å². The molecule has 101 heavy (non-hydrogen) atoms. The molecule has 26 aromatic carbocycles. The van der Waals surface area contributed by atoms with Gasteiger partial charge in [-0.3, -0.25) is 19.2 Å². The molecule has 458 valence electrons. The minimum absolute atomic E-state index is 0.0496. The Kier molecular flexibility index (Phi) is 4.99. The summed E-state index contributed by atoms with van der Waals surface area (Å²) < 4.78 is 31.3. The Hall–Kier alpha value is -11.2. The maximum Gasteiger partial charge on any atom is 0.326 e. The molecular weight excluding hydrogens is 1250 g/mol. The van der Waals surface area contributed by atoms with Crippen molar-refractivity contribution in [2.24, 2.45) is 10.8 Å². The van der Waals surface area contributed by atoms with Crippen LogP contribution in [0.5, 0.6) is 0 Å². The average molecular weight is 1280 g/mol. The molecule has 2 fully saturated rings. The molecule has 1 aromatic heterocycles. The van der Waals surface area contributed by atoms with E-state index in [2.05, 4.69) is 47.9 Å². The minimum Gasteiger partial charge on any atom is -0.465 e. The number of aryl methyl sites for hydroxylation is 1. The minimum atomic E-state index is -1.94. The van der Waals surface area contributed by atoms with Crippen molar-refractivity contribution in [3.63, 3.8) is 0 Å². The van der Waals surface area contributed by atoms with Crippen molar-refractivity contribution in [2.45, 2.75) is 101 Å². The van der Waals surface area contributed by atoms with E-state index in [1.807, 2.05) is 13.8 Å². The van der Waals surface area contributed by atoms with Crippen molar-refractivity contribution in [1.82, 2.24) is 4.57 Å². The first kappa shape index (κ1) is 44.8. The maximum atomic E-state index is 18.2. The molecule has 2 saturated carbocycles. The molecule has 39 rings (SSSR count). The summed E-state index contributed by atoms with van der Waals surface area (Å²) >= 11 is 0. The van der Waals surface area contributed by atoms with Crippen LogP contribution >= 0.6 is 0 Å². The van der Waals surface area contributed by atoms with Crippen molar-refractivity contribution in [3.05, 3.63) is 92.0 Å². The zero-order valence-electron chi connectivity index (χ0n) is 54.0. The Balaban J connectivity index is 0.838. The van der Waals surface area contributed by atoms with Crippen LogP contribution in [0.4, 0.5) is 0 Å². The third kappa shape index (κ3) is 2.76. The molecular formula is C92H37NO8. The highest BCUT2D eigenvalue weighted by Crippen LogP contribution is 3.01. The predicted octanol–water partition coefficient (Wildman–Crippen LogP) is 20.3. The Morgan fingerprint density at radius 3 is 0.812 bits per heavy atom. The molecule has 0 amide bonds. The van der Waals surface area contributed by atoms with E-state index < -0.39 is 56.4 Å². The number of rotatable bonds is 11. The Morgan fingerprint density at radius 1 is 0.327 bits per heavy atom. The molecule has 9 heteroatoms. The van der Waals surface area contributed by atoms with Crippen LogP contribution in [0.2, 0.25) is 0 Å². The molecule has 2 aliphatic heterocycles. The topological polar surface area (TPSA) is 110 Å². The summed E-state index contributed by atoms with van der Waals surface area (Å²) in [7, 11) is 0. The number of aromatic nitrogens is 1. The van der Waals surface area contributed by atoms with Crippen LogP contribution in [-0.2, 0) is 79.5 Å². The number of nitrogens with zero attached hydrogens (tertiary/aromatic N) is 1. The summed E-state index contributed by atoms with van der Waals surface area (Å²) in [5.41, 5.74) is 3.72. The Labute approximate surface area is 560 Å². The lowest BCUT2D eigenvalue weighted by atomic mass is 9.66. The SMILES string of the molecule is CCCCCCCCn1c2ccc3cc2c2cc(ccc21)COC(=O)[C@]1(C(=O)OCC)C24c5c6c7c8c9c5c5c2c2c%10c%11c%12c%13c(c6c6c7c7c%14c%15c%16c%17c%18c(c9c9c5c5c2c2c%10c%10c%12c%12c%19c%13c6c%14c%19c6c%15c%13c%17c%14c%18c9c5c5c%14c9c%13c6c%12c%10c9c25)C82C7%16[C@@]2(C(=O)OCC)C(=O)OC3)C%1141. The van der Waals surface area contributed by atoms with E-state index in [0.717, 1.165) is 107 Å². The molecule has 0 radical (unpaired) electrons. The zero-order chi connectivity index (χ0) is 63.5. The van der Waals surface area contributed by atoms with E-state index in [-0.39, 0.29) is 26.4 Å². The smallest absolute Gasteiger partial charge is 0.326 e.